The van der Waals surface area contributed by atoms with Crippen molar-refractivity contribution in [1.82, 2.24) is 19.7 Å². The summed E-state index contributed by atoms with van der Waals surface area (Å²) in [6.45, 7) is 4.16. The van der Waals surface area contributed by atoms with E-state index in [-0.39, 0.29) is 0 Å². The fourth-order valence-electron chi connectivity index (χ4n) is 2.92. The summed E-state index contributed by atoms with van der Waals surface area (Å²) < 4.78 is 2.31. The van der Waals surface area contributed by atoms with E-state index >= 15 is 0 Å². The second-order valence-electron chi connectivity index (χ2n) is 5.28. The van der Waals surface area contributed by atoms with Crippen molar-refractivity contribution in [3.8, 4) is 0 Å². The Morgan fingerprint density at radius 3 is 3.00 bits per heavy atom. The lowest BCUT2D eigenvalue weighted by atomic mass is 10.1. The Balaban J connectivity index is 1.70. The molecule has 0 radical (unpaired) electrons. The number of piperidine rings is 1. The molecular formula is C12H21N5. The third kappa shape index (κ3) is 2.35. The van der Waals surface area contributed by atoms with Crippen LogP contribution >= 0.6 is 0 Å². The summed E-state index contributed by atoms with van der Waals surface area (Å²) in [4.78, 5) is 2.42. The molecule has 1 atom stereocenters. The lowest BCUT2D eigenvalue weighted by Gasteiger charge is -2.30. The van der Waals surface area contributed by atoms with Crippen LogP contribution in [0.25, 0.3) is 0 Å². The molecule has 0 aliphatic carbocycles. The Kier molecular flexibility index (Phi) is 3.11. The molecule has 5 nitrogen and oxygen atoms in total. The minimum Gasteiger partial charge on any atom is -0.327 e. The zero-order valence-electron chi connectivity index (χ0n) is 10.3. The molecule has 3 rings (SSSR count). The monoisotopic (exact) mass is 235 g/mol. The van der Waals surface area contributed by atoms with Crippen molar-refractivity contribution >= 4 is 0 Å². The van der Waals surface area contributed by atoms with Crippen LogP contribution in [0.5, 0.6) is 0 Å². The van der Waals surface area contributed by atoms with Gasteiger partial charge in [-0.1, -0.05) is 0 Å². The first-order valence-electron chi connectivity index (χ1n) is 6.72. The number of hydrogen-bond donors (Lipinski definition) is 1. The van der Waals surface area contributed by atoms with Crippen LogP contribution in [0, 0.1) is 0 Å². The lowest BCUT2D eigenvalue weighted by molar-refractivity contribution is 0.194. The first kappa shape index (κ1) is 11.2. The highest BCUT2D eigenvalue weighted by Gasteiger charge is 2.21. The van der Waals surface area contributed by atoms with E-state index in [1.54, 1.807) is 0 Å². The van der Waals surface area contributed by atoms with E-state index in [4.69, 9.17) is 5.73 Å². The molecule has 94 valence electrons. The molecule has 2 aliphatic heterocycles. The summed E-state index contributed by atoms with van der Waals surface area (Å²) in [5.74, 6) is 2.31. The molecule has 1 aromatic rings. The molecule has 3 heterocycles. The summed E-state index contributed by atoms with van der Waals surface area (Å²) in [5, 5.41) is 8.64. The Morgan fingerprint density at radius 1 is 1.18 bits per heavy atom. The number of likely N-dealkylation sites (tertiary alicyclic amines) is 1. The van der Waals surface area contributed by atoms with Gasteiger partial charge in [0.05, 0.1) is 6.54 Å². The van der Waals surface area contributed by atoms with Gasteiger partial charge in [0, 0.05) is 25.6 Å². The standard InChI is InChI=1S/C12H21N5/c13-10-4-3-6-16(8-10)9-12-15-14-11-5-1-2-7-17(11)12/h10H,1-9,13H2. The van der Waals surface area contributed by atoms with Crippen LogP contribution < -0.4 is 5.73 Å². The van der Waals surface area contributed by atoms with Gasteiger partial charge in [-0.2, -0.15) is 0 Å². The van der Waals surface area contributed by atoms with E-state index in [9.17, 15) is 0 Å². The van der Waals surface area contributed by atoms with Gasteiger partial charge in [-0.15, -0.1) is 10.2 Å². The Hall–Kier alpha value is -0.940. The maximum atomic E-state index is 6.01. The highest BCUT2D eigenvalue weighted by Crippen LogP contribution is 2.17. The number of aromatic nitrogens is 3. The molecule has 2 aliphatic rings. The summed E-state index contributed by atoms with van der Waals surface area (Å²) in [5.41, 5.74) is 6.01. The van der Waals surface area contributed by atoms with Gasteiger partial charge in [-0.05, 0) is 32.2 Å². The summed E-state index contributed by atoms with van der Waals surface area (Å²) in [6, 6.07) is 0.340. The van der Waals surface area contributed by atoms with Crippen LogP contribution in [0.1, 0.15) is 37.3 Å². The van der Waals surface area contributed by atoms with Crippen LogP contribution in [0.3, 0.4) is 0 Å². The fraction of sp³-hybridized carbons (Fsp3) is 0.833. The maximum absolute atomic E-state index is 6.01. The van der Waals surface area contributed by atoms with E-state index in [1.807, 2.05) is 0 Å². The molecule has 17 heavy (non-hydrogen) atoms. The number of nitrogens with two attached hydrogens (primary N) is 1. The van der Waals surface area contributed by atoms with Gasteiger partial charge in [-0.25, -0.2) is 0 Å². The molecule has 0 bridgehead atoms. The minimum atomic E-state index is 0.340. The van der Waals surface area contributed by atoms with E-state index in [0.717, 1.165) is 44.8 Å². The van der Waals surface area contributed by atoms with Gasteiger partial charge >= 0.3 is 0 Å². The topological polar surface area (TPSA) is 60.0 Å². The van der Waals surface area contributed by atoms with Gasteiger partial charge in [0.15, 0.2) is 0 Å². The lowest BCUT2D eigenvalue weighted by Crippen LogP contribution is -2.42. The third-order valence-electron chi connectivity index (χ3n) is 3.84. The molecule has 1 saturated heterocycles. The molecule has 1 aromatic heterocycles. The highest BCUT2D eigenvalue weighted by atomic mass is 15.3. The summed E-state index contributed by atoms with van der Waals surface area (Å²) in [7, 11) is 0. The molecule has 1 unspecified atom stereocenters. The molecule has 0 saturated carbocycles. The molecule has 0 aromatic carbocycles. The van der Waals surface area contributed by atoms with E-state index < -0.39 is 0 Å². The first-order chi connectivity index (χ1) is 8.33. The van der Waals surface area contributed by atoms with Crippen molar-refractivity contribution < 1.29 is 0 Å². The smallest absolute Gasteiger partial charge is 0.147 e. The van der Waals surface area contributed by atoms with Crippen molar-refractivity contribution in [2.45, 2.75) is 51.2 Å². The van der Waals surface area contributed by atoms with Crippen molar-refractivity contribution in [2.75, 3.05) is 13.1 Å². The van der Waals surface area contributed by atoms with Crippen molar-refractivity contribution in [1.29, 1.82) is 0 Å². The van der Waals surface area contributed by atoms with Crippen molar-refractivity contribution in [3.05, 3.63) is 11.6 Å². The van der Waals surface area contributed by atoms with Gasteiger partial charge in [0.1, 0.15) is 11.6 Å². The molecule has 2 N–H and O–H groups in total. The Morgan fingerprint density at radius 2 is 2.12 bits per heavy atom. The van der Waals surface area contributed by atoms with E-state index in [0.29, 0.717) is 6.04 Å². The van der Waals surface area contributed by atoms with E-state index in [2.05, 4.69) is 19.7 Å². The quantitative estimate of drug-likeness (QED) is 0.812. The average Bonchev–Trinajstić information content (AvgIpc) is 2.73. The zero-order chi connectivity index (χ0) is 11.7. The van der Waals surface area contributed by atoms with Crippen LogP contribution in [-0.4, -0.2) is 38.8 Å². The van der Waals surface area contributed by atoms with Gasteiger partial charge < -0.3 is 10.3 Å². The van der Waals surface area contributed by atoms with Crippen molar-refractivity contribution in [3.63, 3.8) is 0 Å². The second kappa shape index (κ2) is 4.74. The molecule has 5 heteroatoms. The number of fused-ring (bicyclic) bond motifs is 1. The predicted octanol–water partition coefficient (Wildman–Crippen LogP) is 0.537. The van der Waals surface area contributed by atoms with Crippen LogP contribution in [0.2, 0.25) is 0 Å². The number of nitrogens with zero attached hydrogens (tertiary/aromatic N) is 4. The summed E-state index contributed by atoms with van der Waals surface area (Å²) in [6.07, 6.45) is 5.98. The molecule has 0 spiro atoms. The Bertz CT molecular complexity index is 386. The number of hydrogen-bond acceptors (Lipinski definition) is 4. The van der Waals surface area contributed by atoms with Crippen LogP contribution in [-0.2, 0) is 19.5 Å². The highest BCUT2D eigenvalue weighted by molar-refractivity contribution is 4.99. The van der Waals surface area contributed by atoms with Gasteiger partial charge in [0.25, 0.3) is 0 Å². The number of aryl methyl sites for hydroxylation is 1. The minimum absolute atomic E-state index is 0.340. The van der Waals surface area contributed by atoms with Gasteiger partial charge in [0.2, 0.25) is 0 Å². The fourth-order valence-corrected chi connectivity index (χ4v) is 2.92. The molecule has 1 fully saturated rings. The largest absolute Gasteiger partial charge is 0.327 e. The maximum Gasteiger partial charge on any atom is 0.147 e. The average molecular weight is 235 g/mol. The summed E-state index contributed by atoms with van der Waals surface area (Å²) >= 11 is 0. The normalized spacial score (nSPS) is 25.8. The third-order valence-corrected chi connectivity index (χ3v) is 3.84. The molecule has 0 amide bonds. The number of rotatable bonds is 2. The van der Waals surface area contributed by atoms with E-state index in [1.165, 1.54) is 25.1 Å². The first-order valence-corrected chi connectivity index (χ1v) is 6.72. The SMILES string of the molecule is NC1CCCN(Cc2nnc3n2CCCC3)C1. The zero-order valence-corrected chi connectivity index (χ0v) is 10.3. The Labute approximate surface area is 102 Å². The predicted molar refractivity (Wildman–Crippen MR) is 65.4 cm³/mol. The second-order valence-corrected chi connectivity index (χ2v) is 5.28. The molecular weight excluding hydrogens is 214 g/mol. The van der Waals surface area contributed by atoms with Crippen LogP contribution in [0.4, 0.5) is 0 Å². The van der Waals surface area contributed by atoms with Gasteiger partial charge in [-0.3, -0.25) is 4.90 Å². The van der Waals surface area contributed by atoms with Crippen molar-refractivity contribution in [2.24, 2.45) is 5.73 Å². The van der Waals surface area contributed by atoms with Crippen LogP contribution in [0.15, 0.2) is 0 Å².